The summed E-state index contributed by atoms with van der Waals surface area (Å²) in [6, 6.07) is 6.50. The van der Waals surface area contributed by atoms with Crippen molar-refractivity contribution in [3.63, 3.8) is 0 Å². The minimum absolute atomic E-state index is 1.30. The number of rotatable bonds is 2. The first kappa shape index (κ1) is 13.7. The Labute approximate surface area is 94.3 Å². The van der Waals surface area contributed by atoms with Crippen LogP contribution in [0.2, 0.25) is 0 Å². The maximum absolute atomic E-state index is 2.20. The van der Waals surface area contributed by atoms with E-state index >= 15 is 0 Å². The van der Waals surface area contributed by atoms with E-state index in [1.54, 1.807) is 0 Å². The second-order valence-corrected chi connectivity index (χ2v) is 3.24. The molecule has 0 fully saturated rings. The van der Waals surface area contributed by atoms with Crippen molar-refractivity contribution in [1.82, 2.24) is 0 Å². The highest BCUT2D eigenvalue weighted by Crippen LogP contribution is 2.11. The number of hydrogen-bond donors (Lipinski definition) is 0. The maximum atomic E-state index is 2.20. The molecule has 0 spiro atoms. The van der Waals surface area contributed by atoms with E-state index in [9.17, 15) is 0 Å². The van der Waals surface area contributed by atoms with Gasteiger partial charge in [-0.25, -0.2) is 0 Å². The number of aryl methyl sites for hydroxylation is 2. The largest absolute Gasteiger partial charge is 0.0877 e. The predicted molar refractivity (Wildman–Crippen MR) is 71.1 cm³/mol. The third-order valence-corrected chi connectivity index (χ3v) is 2.00. The monoisotopic (exact) mass is 202 g/mol. The molecule has 0 unspecified atom stereocenters. The van der Waals surface area contributed by atoms with Gasteiger partial charge >= 0.3 is 0 Å². The van der Waals surface area contributed by atoms with Gasteiger partial charge in [0, 0.05) is 0 Å². The third-order valence-electron chi connectivity index (χ3n) is 2.00. The summed E-state index contributed by atoms with van der Waals surface area (Å²) in [7, 11) is 0. The standard InChI is InChI=1S/C13H16.C2H6/c1-4-5-6-7-13-9-8-11(2)10-12(13)3;1-2/h4-10H,1-3H3;1-2H3/b5-4-,7-6-;. The Kier molecular flexibility index (Phi) is 7.35. The molecule has 0 radical (unpaired) electrons. The van der Waals surface area contributed by atoms with E-state index in [0.29, 0.717) is 0 Å². The van der Waals surface area contributed by atoms with Crippen LogP contribution in [0.15, 0.2) is 36.4 Å². The van der Waals surface area contributed by atoms with Crippen LogP contribution in [-0.2, 0) is 0 Å². The second kappa shape index (κ2) is 8.05. The van der Waals surface area contributed by atoms with E-state index in [4.69, 9.17) is 0 Å². The van der Waals surface area contributed by atoms with Crippen molar-refractivity contribution in [2.45, 2.75) is 34.6 Å². The molecule has 82 valence electrons. The van der Waals surface area contributed by atoms with Crippen LogP contribution in [0.4, 0.5) is 0 Å². The topological polar surface area (TPSA) is 0 Å². The molecule has 0 aliphatic carbocycles. The SMILES string of the molecule is C/C=C\C=C/c1ccc(C)cc1C.CC. The van der Waals surface area contributed by atoms with Crippen molar-refractivity contribution in [1.29, 1.82) is 0 Å². The lowest BCUT2D eigenvalue weighted by molar-refractivity contribution is 1.37. The Balaban J connectivity index is 0.000000921. The van der Waals surface area contributed by atoms with Crippen LogP contribution < -0.4 is 0 Å². The van der Waals surface area contributed by atoms with Crippen LogP contribution in [0.1, 0.15) is 37.5 Å². The highest BCUT2D eigenvalue weighted by atomic mass is 14.0. The van der Waals surface area contributed by atoms with Crippen molar-refractivity contribution in [3.05, 3.63) is 53.1 Å². The molecule has 0 heteroatoms. The lowest BCUT2D eigenvalue weighted by Crippen LogP contribution is -1.81. The third kappa shape index (κ3) is 5.21. The van der Waals surface area contributed by atoms with Crippen LogP contribution >= 0.6 is 0 Å². The summed E-state index contributed by atoms with van der Waals surface area (Å²) in [5.74, 6) is 0. The zero-order valence-electron chi connectivity index (χ0n) is 10.5. The lowest BCUT2D eigenvalue weighted by Gasteiger charge is -2.00. The normalized spacial score (nSPS) is 10.5. The Bertz CT molecular complexity index is 330. The first-order chi connectivity index (χ1) is 7.24. The van der Waals surface area contributed by atoms with Gasteiger partial charge in [0.2, 0.25) is 0 Å². The Morgan fingerprint density at radius 2 is 1.67 bits per heavy atom. The van der Waals surface area contributed by atoms with Crippen LogP contribution in [-0.4, -0.2) is 0 Å². The van der Waals surface area contributed by atoms with Crippen LogP contribution in [0.25, 0.3) is 6.08 Å². The fraction of sp³-hybridized carbons (Fsp3) is 0.333. The van der Waals surface area contributed by atoms with Crippen LogP contribution in [0.5, 0.6) is 0 Å². The Morgan fingerprint density at radius 1 is 1.00 bits per heavy atom. The van der Waals surface area contributed by atoms with Gasteiger partial charge in [-0.1, -0.05) is 61.9 Å². The van der Waals surface area contributed by atoms with Gasteiger partial charge < -0.3 is 0 Å². The second-order valence-electron chi connectivity index (χ2n) is 3.24. The fourth-order valence-corrected chi connectivity index (χ4v) is 1.28. The van der Waals surface area contributed by atoms with Gasteiger partial charge in [0.1, 0.15) is 0 Å². The van der Waals surface area contributed by atoms with E-state index in [1.165, 1.54) is 16.7 Å². The predicted octanol–water partition coefficient (Wildman–Crippen LogP) is 4.92. The number of hydrogen-bond acceptors (Lipinski definition) is 0. The fourth-order valence-electron chi connectivity index (χ4n) is 1.28. The lowest BCUT2D eigenvalue weighted by atomic mass is 10.1. The van der Waals surface area contributed by atoms with Crippen LogP contribution in [0.3, 0.4) is 0 Å². The minimum Gasteiger partial charge on any atom is -0.0877 e. The summed E-state index contributed by atoms with van der Waals surface area (Å²) < 4.78 is 0. The van der Waals surface area contributed by atoms with Crippen molar-refractivity contribution in [2.24, 2.45) is 0 Å². The highest BCUT2D eigenvalue weighted by Gasteiger charge is 1.92. The summed E-state index contributed by atoms with van der Waals surface area (Å²) in [5, 5.41) is 0. The molecule has 0 saturated carbocycles. The van der Waals surface area contributed by atoms with Gasteiger partial charge in [0.15, 0.2) is 0 Å². The molecule has 1 rings (SSSR count). The van der Waals surface area contributed by atoms with Gasteiger partial charge in [-0.2, -0.15) is 0 Å². The van der Waals surface area contributed by atoms with E-state index in [-0.39, 0.29) is 0 Å². The molecule has 0 saturated heterocycles. The van der Waals surface area contributed by atoms with E-state index in [0.717, 1.165) is 0 Å². The Morgan fingerprint density at radius 3 is 2.20 bits per heavy atom. The minimum atomic E-state index is 1.30. The molecular formula is C15H22. The van der Waals surface area contributed by atoms with Gasteiger partial charge in [-0.05, 0) is 31.9 Å². The van der Waals surface area contributed by atoms with Crippen molar-refractivity contribution in [3.8, 4) is 0 Å². The number of benzene rings is 1. The summed E-state index contributed by atoms with van der Waals surface area (Å²) in [5.41, 5.74) is 3.95. The van der Waals surface area contributed by atoms with E-state index < -0.39 is 0 Å². The molecule has 0 aliphatic rings. The van der Waals surface area contributed by atoms with Crippen molar-refractivity contribution in [2.75, 3.05) is 0 Å². The summed E-state index contributed by atoms with van der Waals surface area (Å²) in [6.45, 7) is 10.3. The summed E-state index contributed by atoms with van der Waals surface area (Å²) in [4.78, 5) is 0. The Hall–Kier alpha value is -1.30. The van der Waals surface area contributed by atoms with Gasteiger partial charge in [-0.3, -0.25) is 0 Å². The quantitative estimate of drug-likeness (QED) is 0.597. The molecule has 15 heavy (non-hydrogen) atoms. The smallest absolute Gasteiger partial charge is 0.0227 e. The average molecular weight is 202 g/mol. The van der Waals surface area contributed by atoms with E-state index in [1.807, 2.05) is 32.9 Å². The zero-order valence-corrected chi connectivity index (χ0v) is 10.5. The zero-order chi connectivity index (χ0) is 11.7. The molecule has 1 aromatic rings. The van der Waals surface area contributed by atoms with Gasteiger partial charge in [0.25, 0.3) is 0 Å². The molecular weight excluding hydrogens is 180 g/mol. The first-order valence-electron chi connectivity index (χ1n) is 5.60. The van der Waals surface area contributed by atoms with Gasteiger partial charge in [0.05, 0.1) is 0 Å². The molecule has 0 aromatic heterocycles. The van der Waals surface area contributed by atoms with Crippen molar-refractivity contribution < 1.29 is 0 Å². The van der Waals surface area contributed by atoms with Gasteiger partial charge in [-0.15, -0.1) is 0 Å². The molecule has 0 atom stereocenters. The van der Waals surface area contributed by atoms with Crippen molar-refractivity contribution >= 4 is 6.08 Å². The molecule has 1 aromatic carbocycles. The van der Waals surface area contributed by atoms with E-state index in [2.05, 4.69) is 44.2 Å². The van der Waals surface area contributed by atoms with Crippen LogP contribution in [0, 0.1) is 13.8 Å². The summed E-state index contributed by atoms with van der Waals surface area (Å²) >= 11 is 0. The molecule has 0 nitrogen and oxygen atoms in total. The molecule has 0 heterocycles. The molecule has 0 amide bonds. The maximum Gasteiger partial charge on any atom is -0.0227 e. The first-order valence-corrected chi connectivity index (χ1v) is 5.60. The average Bonchev–Trinajstić information content (AvgIpc) is 2.24. The number of allylic oxidation sites excluding steroid dienone is 3. The summed E-state index contributed by atoms with van der Waals surface area (Å²) in [6.07, 6.45) is 8.27. The molecule has 0 aliphatic heterocycles. The molecule has 0 N–H and O–H groups in total. The molecule has 0 bridgehead atoms. The highest BCUT2D eigenvalue weighted by molar-refractivity contribution is 5.55.